The van der Waals surface area contributed by atoms with Gasteiger partial charge < -0.3 is 20.4 Å². The lowest BCUT2D eigenvalue weighted by Gasteiger charge is -2.35. The number of likely N-dealkylation sites (N-methyl/N-ethyl adjacent to an activating group) is 1. The molecule has 0 saturated carbocycles. The summed E-state index contributed by atoms with van der Waals surface area (Å²) in [6, 6.07) is 13.1. The van der Waals surface area contributed by atoms with Crippen LogP contribution in [0.15, 0.2) is 47.3 Å². The number of rotatable bonds is 3. The van der Waals surface area contributed by atoms with Gasteiger partial charge in [-0.3, -0.25) is 4.79 Å². The second kappa shape index (κ2) is 8.63. The van der Waals surface area contributed by atoms with Crippen LogP contribution in [0.4, 0.5) is 16.2 Å². The summed E-state index contributed by atoms with van der Waals surface area (Å²) < 4.78 is 0. The average molecular weight is 435 g/mol. The molecule has 1 saturated heterocycles. The quantitative estimate of drug-likeness (QED) is 0.588. The molecule has 2 heterocycles. The number of hydrogen-bond acceptors (Lipinski definition) is 5. The van der Waals surface area contributed by atoms with Gasteiger partial charge in [0.25, 0.3) is 5.56 Å². The Morgan fingerprint density at radius 1 is 1.03 bits per heavy atom. The molecule has 3 aromatic rings. The Balaban J connectivity index is 1.76. The molecule has 2 aromatic carbocycles. The van der Waals surface area contributed by atoms with Gasteiger partial charge in [0.15, 0.2) is 0 Å². The molecule has 32 heavy (non-hydrogen) atoms. The number of hydrogen-bond donors (Lipinski definition) is 3. The maximum absolute atomic E-state index is 12.7. The minimum Gasteiger partial charge on any atom is -0.367 e. The maximum atomic E-state index is 12.7. The number of nitrogens with one attached hydrogen (secondary N) is 3. The fraction of sp³-hybridized carbons (Fsp3) is 0.375. The molecular formula is C24H30N6O2. The van der Waals surface area contributed by atoms with E-state index in [0.717, 1.165) is 42.8 Å². The smallest absolute Gasteiger partial charge is 0.319 e. The number of fused-ring (bicyclic) bond motifs is 1. The lowest BCUT2D eigenvalue weighted by atomic mass is 10.0. The molecule has 1 fully saturated rings. The minimum atomic E-state index is -0.355. The minimum absolute atomic E-state index is 0.221. The third-order valence-corrected chi connectivity index (χ3v) is 5.55. The van der Waals surface area contributed by atoms with Gasteiger partial charge in [-0.15, -0.1) is 0 Å². The van der Waals surface area contributed by atoms with E-state index in [-0.39, 0.29) is 17.1 Å². The molecule has 0 unspecified atom stereocenters. The fourth-order valence-corrected chi connectivity index (χ4v) is 3.94. The molecular weight excluding hydrogens is 404 g/mol. The molecule has 1 aliphatic rings. The first-order valence-electron chi connectivity index (χ1n) is 10.9. The van der Waals surface area contributed by atoms with Crippen molar-refractivity contribution >= 4 is 28.2 Å². The summed E-state index contributed by atoms with van der Waals surface area (Å²) in [5.41, 5.74) is 2.60. The first kappa shape index (κ1) is 21.8. The first-order valence-corrected chi connectivity index (χ1v) is 10.9. The van der Waals surface area contributed by atoms with Crippen molar-refractivity contribution in [1.82, 2.24) is 20.4 Å². The molecule has 0 bridgehead atoms. The Morgan fingerprint density at radius 3 is 2.41 bits per heavy atom. The number of piperazine rings is 1. The van der Waals surface area contributed by atoms with Crippen LogP contribution in [0, 0.1) is 0 Å². The zero-order valence-corrected chi connectivity index (χ0v) is 19.0. The molecule has 3 N–H and O–H groups in total. The second-order valence-corrected chi connectivity index (χ2v) is 9.30. The Hall–Kier alpha value is -3.39. The number of benzene rings is 2. The zero-order valence-electron chi connectivity index (χ0n) is 19.0. The van der Waals surface area contributed by atoms with Crippen molar-refractivity contribution in [2.75, 3.05) is 43.4 Å². The molecule has 8 nitrogen and oxygen atoms in total. The molecule has 1 aliphatic heterocycles. The summed E-state index contributed by atoms with van der Waals surface area (Å²) in [4.78, 5) is 29.5. The monoisotopic (exact) mass is 434 g/mol. The van der Waals surface area contributed by atoms with Gasteiger partial charge in [-0.1, -0.05) is 24.3 Å². The number of urea groups is 1. The summed E-state index contributed by atoms with van der Waals surface area (Å²) >= 11 is 0. The van der Waals surface area contributed by atoms with Crippen molar-refractivity contribution in [2.45, 2.75) is 26.3 Å². The molecule has 4 rings (SSSR count). The molecule has 8 heteroatoms. The van der Waals surface area contributed by atoms with Crippen LogP contribution in [0.2, 0.25) is 0 Å². The average Bonchev–Trinajstić information content (AvgIpc) is 2.74. The molecule has 168 valence electrons. The Kier molecular flexibility index (Phi) is 5.88. The predicted octanol–water partition coefficient (Wildman–Crippen LogP) is 3.26. The first-order chi connectivity index (χ1) is 15.2. The third kappa shape index (κ3) is 4.75. The van der Waals surface area contributed by atoms with Crippen LogP contribution in [0.5, 0.6) is 0 Å². The van der Waals surface area contributed by atoms with E-state index in [2.05, 4.69) is 37.7 Å². The summed E-state index contributed by atoms with van der Waals surface area (Å²) in [5.74, 6) is 0. The van der Waals surface area contributed by atoms with Crippen molar-refractivity contribution < 1.29 is 4.79 Å². The van der Waals surface area contributed by atoms with Crippen molar-refractivity contribution in [3.05, 3.63) is 52.8 Å². The van der Waals surface area contributed by atoms with E-state index in [9.17, 15) is 9.59 Å². The Bertz CT molecular complexity index is 1190. The van der Waals surface area contributed by atoms with Crippen LogP contribution >= 0.6 is 0 Å². The predicted molar refractivity (Wildman–Crippen MR) is 129 cm³/mol. The lowest BCUT2D eigenvalue weighted by molar-refractivity contribution is 0.244. The number of carbonyl (C=O) groups excluding carboxylic acids is 1. The lowest BCUT2D eigenvalue weighted by Crippen LogP contribution is -2.45. The van der Waals surface area contributed by atoms with Crippen LogP contribution < -0.4 is 21.1 Å². The molecule has 1 aromatic heterocycles. The van der Waals surface area contributed by atoms with Gasteiger partial charge in [0.2, 0.25) is 0 Å². The molecule has 0 aliphatic carbocycles. The molecule has 0 spiro atoms. The fourth-order valence-electron chi connectivity index (χ4n) is 3.94. The van der Waals surface area contributed by atoms with E-state index < -0.39 is 0 Å². The van der Waals surface area contributed by atoms with Gasteiger partial charge in [-0.25, -0.2) is 9.89 Å². The zero-order chi connectivity index (χ0) is 22.9. The van der Waals surface area contributed by atoms with E-state index in [1.54, 1.807) is 6.07 Å². The van der Waals surface area contributed by atoms with Crippen LogP contribution in [-0.2, 0) is 0 Å². The van der Waals surface area contributed by atoms with Gasteiger partial charge >= 0.3 is 6.03 Å². The number of nitrogens with zero attached hydrogens (tertiary/aromatic N) is 3. The van der Waals surface area contributed by atoms with Gasteiger partial charge in [-0.2, -0.15) is 5.10 Å². The van der Waals surface area contributed by atoms with Gasteiger partial charge in [0, 0.05) is 42.7 Å². The van der Waals surface area contributed by atoms with Crippen molar-refractivity contribution in [3.8, 4) is 11.3 Å². The number of H-pyrrole nitrogens is 1. The topological polar surface area (TPSA) is 93.4 Å². The van der Waals surface area contributed by atoms with Crippen LogP contribution in [0.1, 0.15) is 20.8 Å². The van der Waals surface area contributed by atoms with Gasteiger partial charge in [0.05, 0.1) is 22.5 Å². The number of aromatic nitrogens is 2. The highest BCUT2D eigenvalue weighted by Crippen LogP contribution is 2.33. The summed E-state index contributed by atoms with van der Waals surface area (Å²) in [6.45, 7) is 9.52. The summed E-state index contributed by atoms with van der Waals surface area (Å²) in [5, 5.41) is 14.3. The van der Waals surface area contributed by atoms with E-state index in [1.807, 2.05) is 57.2 Å². The highest BCUT2D eigenvalue weighted by molar-refractivity contribution is 5.98. The Labute approximate surface area is 187 Å². The van der Waals surface area contributed by atoms with E-state index in [0.29, 0.717) is 16.8 Å². The highest BCUT2D eigenvalue weighted by atomic mass is 16.2. The highest BCUT2D eigenvalue weighted by Gasteiger charge is 2.21. The van der Waals surface area contributed by atoms with Crippen molar-refractivity contribution in [2.24, 2.45) is 0 Å². The summed E-state index contributed by atoms with van der Waals surface area (Å²) in [6.07, 6.45) is 0. The maximum Gasteiger partial charge on any atom is 0.319 e. The SMILES string of the molecule is CN1CCN(c2ccc(-c3n[nH]c(=O)c4ccccc34)cc2NC(=O)NC(C)(C)C)CC1. The number of aromatic amines is 1. The van der Waals surface area contributed by atoms with Crippen LogP contribution in [0.25, 0.3) is 22.0 Å². The van der Waals surface area contributed by atoms with Crippen LogP contribution in [-0.4, -0.2) is 59.9 Å². The van der Waals surface area contributed by atoms with Gasteiger partial charge in [0.1, 0.15) is 0 Å². The van der Waals surface area contributed by atoms with Gasteiger partial charge in [-0.05, 0) is 46.0 Å². The number of amides is 2. The standard InChI is InChI=1S/C24H30N6O2/c1-24(2,3)26-23(32)25-19-15-16(9-10-20(19)30-13-11-29(4)12-14-30)21-17-7-5-6-8-18(17)22(31)28-27-21/h5-10,15H,11-14H2,1-4H3,(H,28,31)(H2,25,26,32). The molecule has 2 amide bonds. The largest absolute Gasteiger partial charge is 0.367 e. The second-order valence-electron chi connectivity index (χ2n) is 9.30. The Morgan fingerprint density at radius 2 is 1.72 bits per heavy atom. The normalized spacial score (nSPS) is 15.1. The number of anilines is 2. The summed E-state index contributed by atoms with van der Waals surface area (Å²) in [7, 11) is 2.11. The van der Waals surface area contributed by atoms with E-state index in [4.69, 9.17) is 0 Å². The van der Waals surface area contributed by atoms with Crippen molar-refractivity contribution in [1.29, 1.82) is 0 Å². The third-order valence-electron chi connectivity index (χ3n) is 5.55. The number of carbonyl (C=O) groups is 1. The van der Waals surface area contributed by atoms with Crippen LogP contribution in [0.3, 0.4) is 0 Å². The molecule has 0 radical (unpaired) electrons. The van der Waals surface area contributed by atoms with Crippen molar-refractivity contribution in [3.63, 3.8) is 0 Å². The molecule has 0 atom stereocenters. The van der Waals surface area contributed by atoms with E-state index >= 15 is 0 Å². The van der Waals surface area contributed by atoms with E-state index in [1.165, 1.54) is 0 Å².